The minimum Gasteiger partial charge on any atom is -0.373 e. The molecule has 0 aromatic carbocycles. The van der Waals surface area contributed by atoms with Gasteiger partial charge in [0, 0.05) is 7.05 Å². The van der Waals surface area contributed by atoms with Gasteiger partial charge < -0.3 is 10.6 Å². The second-order valence-corrected chi connectivity index (χ2v) is 3.64. The van der Waals surface area contributed by atoms with Crippen LogP contribution < -0.4 is 10.6 Å². The zero-order valence-corrected chi connectivity index (χ0v) is 10.2. The maximum absolute atomic E-state index is 13.9. The van der Waals surface area contributed by atoms with Crippen molar-refractivity contribution in [3.63, 3.8) is 0 Å². The molecule has 94 valence electrons. The molecule has 2 rings (SSSR count). The molecule has 0 unspecified atom stereocenters. The lowest BCUT2D eigenvalue weighted by Gasteiger charge is -2.08. The van der Waals surface area contributed by atoms with E-state index in [-0.39, 0.29) is 5.82 Å². The fourth-order valence-corrected chi connectivity index (χ4v) is 1.49. The van der Waals surface area contributed by atoms with Crippen LogP contribution in [0.25, 0.3) is 0 Å². The first kappa shape index (κ1) is 12.2. The fraction of sp³-hybridized carbons (Fsp3) is 0.250. The number of aryl methyl sites for hydroxylation is 1. The number of hydrogen-bond donors (Lipinski definition) is 2. The van der Waals surface area contributed by atoms with Gasteiger partial charge in [0.25, 0.3) is 0 Å². The van der Waals surface area contributed by atoms with Crippen LogP contribution >= 0.6 is 0 Å². The van der Waals surface area contributed by atoms with E-state index in [1.165, 1.54) is 6.33 Å². The van der Waals surface area contributed by atoms with E-state index < -0.39 is 5.82 Å². The second kappa shape index (κ2) is 5.39. The summed E-state index contributed by atoms with van der Waals surface area (Å²) in [5.74, 6) is 0.497. The van der Waals surface area contributed by atoms with Crippen LogP contribution in [0.1, 0.15) is 12.6 Å². The topological polar surface area (TPSA) is 62.7 Å². The summed E-state index contributed by atoms with van der Waals surface area (Å²) in [5, 5.41) is 5.79. The van der Waals surface area contributed by atoms with Gasteiger partial charge in [-0.1, -0.05) is 6.92 Å². The van der Waals surface area contributed by atoms with Gasteiger partial charge in [0.1, 0.15) is 12.1 Å². The first-order valence-electron chi connectivity index (χ1n) is 5.64. The molecule has 0 atom stereocenters. The molecule has 0 bridgehead atoms. The Bertz CT molecular complexity index is 526. The Morgan fingerprint density at radius 1 is 1.22 bits per heavy atom. The number of aromatic nitrogens is 3. The highest BCUT2D eigenvalue weighted by molar-refractivity contribution is 5.57. The molecule has 0 saturated heterocycles. The van der Waals surface area contributed by atoms with E-state index in [1.807, 2.05) is 6.92 Å². The van der Waals surface area contributed by atoms with Crippen LogP contribution in [0.15, 0.2) is 24.7 Å². The molecule has 5 nitrogen and oxygen atoms in total. The molecule has 0 fully saturated rings. The molecule has 0 radical (unpaired) electrons. The Balaban J connectivity index is 2.22. The molecule has 0 amide bonds. The number of nitrogens with one attached hydrogen (secondary N) is 2. The molecule has 0 saturated carbocycles. The lowest BCUT2D eigenvalue weighted by Crippen LogP contribution is -2.03. The summed E-state index contributed by atoms with van der Waals surface area (Å²) in [6.07, 6.45) is 3.48. The van der Waals surface area contributed by atoms with Crippen molar-refractivity contribution < 1.29 is 4.39 Å². The molecule has 0 aliphatic carbocycles. The Morgan fingerprint density at radius 2 is 2.06 bits per heavy atom. The van der Waals surface area contributed by atoms with Gasteiger partial charge >= 0.3 is 0 Å². The molecular weight excluding hydrogens is 233 g/mol. The molecule has 2 N–H and O–H groups in total. The highest BCUT2D eigenvalue weighted by Gasteiger charge is 2.09. The average molecular weight is 247 g/mol. The molecule has 18 heavy (non-hydrogen) atoms. The van der Waals surface area contributed by atoms with Gasteiger partial charge in [0.05, 0.1) is 17.6 Å². The van der Waals surface area contributed by atoms with Crippen LogP contribution in [0.2, 0.25) is 0 Å². The summed E-state index contributed by atoms with van der Waals surface area (Å²) in [4.78, 5) is 11.9. The molecule has 2 aromatic heterocycles. The predicted octanol–water partition coefficient (Wildman–Crippen LogP) is 2.36. The van der Waals surface area contributed by atoms with Crippen LogP contribution in [0.5, 0.6) is 0 Å². The van der Waals surface area contributed by atoms with Crippen molar-refractivity contribution >= 4 is 17.3 Å². The number of pyridine rings is 1. The minimum absolute atomic E-state index is 0.167. The maximum Gasteiger partial charge on any atom is 0.187 e. The van der Waals surface area contributed by atoms with Crippen molar-refractivity contribution in [2.75, 3.05) is 17.7 Å². The molecule has 6 heteroatoms. The van der Waals surface area contributed by atoms with E-state index in [0.29, 0.717) is 17.8 Å². The van der Waals surface area contributed by atoms with Crippen LogP contribution in [0.4, 0.5) is 21.7 Å². The zero-order valence-electron chi connectivity index (χ0n) is 10.2. The Labute approximate surface area is 105 Å². The molecule has 0 spiro atoms. The van der Waals surface area contributed by atoms with E-state index in [9.17, 15) is 4.39 Å². The molecule has 2 aromatic rings. The number of nitrogens with zero attached hydrogens (tertiary/aromatic N) is 3. The highest BCUT2D eigenvalue weighted by Crippen LogP contribution is 2.19. The summed E-state index contributed by atoms with van der Waals surface area (Å²) in [6, 6.07) is 3.59. The monoisotopic (exact) mass is 247 g/mol. The summed E-state index contributed by atoms with van der Waals surface area (Å²) < 4.78 is 13.9. The Kier molecular flexibility index (Phi) is 3.66. The van der Waals surface area contributed by atoms with Gasteiger partial charge in [0.15, 0.2) is 11.6 Å². The van der Waals surface area contributed by atoms with Gasteiger partial charge in [-0.05, 0) is 18.6 Å². The predicted molar refractivity (Wildman–Crippen MR) is 68.4 cm³/mol. The smallest absolute Gasteiger partial charge is 0.187 e. The van der Waals surface area contributed by atoms with E-state index in [2.05, 4.69) is 25.6 Å². The van der Waals surface area contributed by atoms with E-state index in [0.717, 1.165) is 5.82 Å². The lowest BCUT2D eigenvalue weighted by atomic mass is 10.3. The van der Waals surface area contributed by atoms with Crippen molar-refractivity contribution in [2.24, 2.45) is 0 Å². The standard InChI is InChI=1S/C12H14FN5/c1-3-9-11(13)12(17-7-16-9)18-8-4-5-10(14-2)15-6-8/h4-7H,3H2,1-2H3,(H,14,15)(H,16,17,18). The molecule has 0 aliphatic heterocycles. The van der Waals surface area contributed by atoms with Gasteiger partial charge in [-0.15, -0.1) is 0 Å². The summed E-state index contributed by atoms with van der Waals surface area (Å²) >= 11 is 0. The van der Waals surface area contributed by atoms with E-state index in [1.54, 1.807) is 25.4 Å². The quantitative estimate of drug-likeness (QED) is 0.868. The number of halogens is 1. The van der Waals surface area contributed by atoms with Crippen molar-refractivity contribution in [2.45, 2.75) is 13.3 Å². The first-order chi connectivity index (χ1) is 8.74. The third kappa shape index (κ3) is 2.53. The molecular formula is C12H14FN5. The van der Waals surface area contributed by atoms with Gasteiger partial charge in [-0.25, -0.2) is 19.3 Å². The molecule has 2 heterocycles. The summed E-state index contributed by atoms with van der Waals surface area (Å²) in [6.45, 7) is 1.85. The van der Waals surface area contributed by atoms with Crippen molar-refractivity contribution in [3.05, 3.63) is 36.2 Å². The number of rotatable bonds is 4. The fourth-order valence-electron chi connectivity index (χ4n) is 1.49. The Hall–Kier alpha value is -2.24. The van der Waals surface area contributed by atoms with E-state index in [4.69, 9.17) is 0 Å². The van der Waals surface area contributed by atoms with Crippen LogP contribution in [-0.2, 0) is 6.42 Å². The average Bonchev–Trinajstić information content (AvgIpc) is 2.42. The summed E-state index contributed by atoms with van der Waals surface area (Å²) in [5.41, 5.74) is 1.07. The zero-order chi connectivity index (χ0) is 13.0. The first-order valence-corrected chi connectivity index (χ1v) is 5.64. The van der Waals surface area contributed by atoms with Crippen LogP contribution in [0.3, 0.4) is 0 Å². The Morgan fingerprint density at radius 3 is 2.67 bits per heavy atom. The van der Waals surface area contributed by atoms with Crippen molar-refractivity contribution in [1.82, 2.24) is 15.0 Å². The SMILES string of the molecule is CCc1ncnc(Nc2ccc(NC)nc2)c1F. The van der Waals surface area contributed by atoms with Gasteiger partial charge in [-0.2, -0.15) is 0 Å². The van der Waals surface area contributed by atoms with Crippen molar-refractivity contribution in [3.8, 4) is 0 Å². The van der Waals surface area contributed by atoms with Gasteiger partial charge in [-0.3, -0.25) is 0 Å². The maximum atomic E-state index is 13.9. The number of hydrogen-bond acceptors (Lipinski definition) is 5. The third-order valence-electron chi connectivity index (χ3n) is 2.48. The third-order valence-corrected chi connectivity index (χ3v) is 2.48. The number of anilines is 3. The van der Waals surface area contributed by atoms with Crippen LogP contribution in [0, 0.1) is 5.82 Å². The van der Waals surface area contributed by atoms with Crippen molar-refractivity contribution in [1.29, 1.82) is 0 Å². The second-order valence-electron chi connectivity index (χ2n) is 3.64. The summed E-state index contributed by atoms with van der Waals surface area (Å²) in [7, 11) is 1.78. The molecule has 0 aliphatic rings. The van der Waals surface area contributed by atoms with Crippen LogP contribution in [-0.4, -0.2) is 22.0 Å². The highest BCUT2D eigenvalue weighted by atomic mass is 19.1. The normalized spacial score (nSPS) is 10.2. The lowest BCUT2D eigenvalue weighted by molar-refractivity contribution is 0.598. The largest absolute Gasteiger partial charge is 0.373 e. The minimum atomic E-state index is -0.419. The van der Waals surface area contributed by atoms with Gasteiger partial charge in [0.2, 0.25) is 0 Å². The van der Waals surface area contributed by atoms with E-state index >= 15 is 0 Å².